The molecule has 4 nitrogen and oxygen atoms in total. The van der Waals surface area contributed by atoms with E-state index in [1.165, 1.54) is 18.2 Å². The van der Waals surface area contributed by atoms with Crippen LogP contribution < -0.4 is 0 Å². The highest BCUT2D eigenvalue weighted by Gasteiger charge is 2.24. The zero-order valence-electron chi connectivity index (χ0n) is 11.0. The number of aliphatic carboxylic acids is 1. The van der Waals surface area contributed by atoms with E-state index in [-0.39, 0.29) is 17.0 Å². The van der Waals surface area contributed by atoms with Gasteiger partial charge in [-0.3, -0.25) is 4.79 Å². The Kier molecular flexibility index (Phi) is 4.60. The Balaban J connectivity index is 2.41. The lowest BCUT2D eigenvalue weighted by molar-refractivity contribution is -0.138. The molecule has 0 aliphatic heterocycles. The molecule has 2 rings (SSSR count). The van der Waals surface area contributed by atoms with Gasteiger partial charge in [0.2, 0.25) is 0 Å². The summed E-state index contributed by atoms with van der Waals surface area (Å²) in [4.78, 5) is 22.6. The van der Waals surface area contributed by atoms with Gasteiger partial charge in [0.15, 0.2) is 0 Å². The number of carboxylic acid groups (broad SMARTS) is 2. The van der Waals surface area contributed by atoms with E-state index in [0.29, 0.717) is 5.56 Å². The van der Waals surface area contributed by atoms with Gasteiger partial charge in [0.25, 0.3) is 0 Å². The minimum atomic E-state index is -1.11. The SMILES string of the molecule is O=C(O)c1ccc(Cl)c(C(Cc2ccccc2)C(=O)O)c1. The summed E-state index contributed by atoms with van der Waals surface area (Å²) in [5, 5.41) is 18.7. The van der Waals surface area contributed by atoms with Crippen LogP contribution in [0.15, 0.2) is 48.5 Å². The highest BCUT2D eigenvalue weighted by atomic mass is 35.5. The van der Waals surface area contributed by atoms with E-state index >= 15 is 0 Å². The quantitative estimate of drug-likeness (QED) is 0.887. The first-order chi connectivity index (χ1) is 9.99. The lowest BCUT2D eigenvalue weighted by Gasteiger charge is -2.15. The van der Waals surface area contributed by atoms with Crippen molar-refractivity contribution in [2.75, 3.05) is 0 Å². The van der Waals surface area contributed by atoms with Crippen LogP contribution in [0.25, 0.3) is 0 Å². The van der Waals surface area contributed by atoms with Crippen molar-refractivity contribution in [1.82, 2.24) is 0 Å². The number of hydrogen-bond donors (Lipinski definition) is 2. The van der Waals surface area contributed by atoms with Crippen molar-refractivity contribution < 1.29 is 19.8 Å². The van der Waals surface area contributed by atoms with Gasteiger partial charge in [0, 0.05) is 5.02 Å². The van der Waals surface area contributed by atoms with Gasteiger partial charge in [-0.15, -0.1) is 0 Å². The summed E-state index contributed by atoms with van der Waals surface area (Å²) in [6, 6.07) is 13.2. The van der Waals surface area contributed by atoms with E-state index < -0.39 is 17.9 Å². The minimum absolute atomic E-state index is 0.0220. The molecule has 1 unspecified atom stereocenters. The van der Waals surface area contributed by atoms with Crippen molar-refractivity contribution in [3.8, 4) is 0 Å². The van der Waals surface area contributed by atoms with Gasteiger partial charge in [-0.05, 0) is 35.7 Å². The summed E-state index contributed by atoms with van der Waals surface area (Å²) in [6.45, 7) is 0. The maximum atomic E-state index is 11.5. The monoisotopic (exact) mass is 304 g/mol. The Hall–Kier alpha value is -2.33. The van der Waals surface area contributed by atoms with Crippen LogP contribution in [0, 0.1) is 0 Å². The summed E-state index contributed by atoms with van der Waals surface area (Å²) in [6.07, 6.45) is 0.249. The summed E-state index contributed by atoms with van der Waals surface area (Å²) in [5.74, 6) is -3.04. The lowest BCUT2D eigenvalue weighted by Crippen LogP contribution is -2.15. The number of rotatable bonds is 5. The van der Waals surface area contributed by atoms with E-state index in [1.54, 1.807) is 0 Å². The van der Waals surface area contributed by atoms with Gasteiger partial charge in [0.1, 0.15) is 0 Å². The molecule has 0 aromatic heterocycles. The summed E-state index contributed by atoms with van der Waals surface area (Å²) in [7, 11) is 0. The van der Waals surface area contributed by atoms with Gasteiger partial charge < -0.3 is 10.2 Å². The molecule has 0 bridgehead atoms. The van der Waals surface area contributed by atoms with Crippen molar-refractivity contribution in [3.63, 3.8) is 0 Å². The predicted octanol–water partition coefficient (Wildman–Crippen LogP) is 3.45. The second-order valence-electron chi connectivity index (χ2n) is 4.62. The molecule has 2 N–H and O–H groups in total. The molecule has 0 spiro atoms. The molecule has 0 fully saturated rings. The third-order valence-corrected chi connectivity index (χ3v) is 3.54. The average molecular weight is 305 g/mol. The smallest absolute Gasteiger partial charge is 0.335 e. The molecule has 21 heavy (non-hydrogen) atoms. The fourth-order valence-corrected chi connectivity index (χ4v) is 2.37. The van der Waals surface area contributed by atoms with E-state index in [4.69, 9.17) is 16.7 Å². The second kappa shape index (κ2) is 6.41. The molecule has 0 aliphatic rings. The molecular weight excluding hydrogens is 292 g/mol. The number of halogens is 1. The molecule has 2 aromatic rings. The molecule has 1 atom stereocenters. The van der Waals surface area contributed by atoms with Gasteiger partial charge in [0.05, 0.1) is 11.5 Å². The van der Waals surface area contributed by atoms with E-state index in [1.807, 2.05) is 30.3 Å². The first-order valence-corrected chi connectivity index (χ1v) is 6.66. The fourth-order valence-electron chi connectivity index (χ4n) is 2.12. The zero-order valence-corrected chi connectivity index (χ0v) is 11.7. The predicted molar refractivity (Wildman–Crippen MR) is 78.9 cm³/mol. The molecule has 2 aromatic carbocycles. The van der Waals surface area contributed by atoms with Crippen LogP contribution in [0.3, 0.4) is 0 Å². The van der Waals surface area contributed by atoms with Crippen molar-refractivity contribution >= 4 is 23.5 Å². The highest BCUT2D eigenvalue weighted by Crippen LogP contribution is 2.29. The van der Waals surface area contributed by atoms with Gasteiger partial charge >= 0.3 is 11.9 Å². The van der Waals surface area contributed by atoms with Gasteiger partial charge in [-0.25, -0.2) is 4.79 Å². The largest absolute Gasteiger partial charge is 0.481 e. The number of carbonyl (C=O) groups is 2. The Morgan fingerprint density at radius 2 is 1.71 bits per heavy atom. The summed E-state index contributed by atoms with van der Waals surface area (Å²) in [5.41, 5.74) is 1.18. The molecule has 5 heteroatoms. The first kappa shape index (κ1) is 15.1. The standard InChI is InChI=1S/C16H13ClO4/c17-14-7-6-11(15(18)19)9-12(14)13(16(20)21)8-10-4-2-1-3-5-10/h1-7,9,13H,8H2,(H,18,19)(H,20,21). The topological polar surface area (TPSA) is 74.6 Å². The van der Waals surface area contributed by atoms with Crippen LogP contribution in [0.2, 0.25) is 5.02 Å². The molecule has 0 heterocycles. The number of carboxylic acids is 2. The van der Waals surface area contributed by atoms with E-state index in [2.05, 4.69) is 0 Å². The number of hydrogen-bond acceptors (Lipinski definition) is 2. The van der Waals surface area contributed by atoms with Crippen LogP contribution >= 0.6 is 11.6 Å². The molecule has 108 valence electrons. The molecule has 0 radical (unpaired) electrons. The second-order valence-corrected chi connectivity index (χ2v) is 5.03. The van der Waals surface area contributed by atoms with E-state index in [9.17, 15) is 14.7 Å². The van der Waals surface area contributed by atoms with Crippen LogP contribution in [-0.4, -0.2) is 22.2 Å². The van der Waals surface area contributed by atoms with E-state index in [0.717, 1.165) is 5.56 Å². The van der Waals surface area contributed by atoms with Crippen molar-refractivity contribution in [2.45, 2.75) is 12.3 Å². The molecule has 0 amide bonds. The van der Waals surface area contributed by atoms with Crippen molar-refractivity contribution in [1.29, 1.82) is 0 Å². The molecule has 0 aliphatic carbocycles. The molecule has 0 saturated heterocycles. The Labute approximate surface area is 126 Å². The van der Waals surface area contributed by atoms with Crippen molar-refractivity contribution in [2.24, 2.45) is 0 Å². The average Bonchev–Trinajstić information content (AvgIpc) is 2.46. The van der Waals surface area contributed by atoms with Crippen LogP contribution in [-0.2, 0) is 11.2 Å². The van der Waals surface area contributed by atoms with Gasteiger partial charge in [-0.1, -0.05) is 41.9 Å². The Morgan fingerprint density at radius 1 is 1.05 bits per heavy atom. The first-order valence-electron chi connectivity index (χ1n) is 6.28. The third kappa shape index (κ3) is 3.61. The van der Waals surface area contributed by atoms with Gasteiger partial charge in [-0.2, -0.15) is 0 Å². The summed E-state index contributed by atoms with van der Waals surface area (Å²) < 4.78 is 0. The zero-order chi connectivity index (χ0) is 15.4. The lowest BCUT2D eigenvalue weighted by atomic mass is 9.91. The Bertz CT molecular complexity index is 667. The number of benzene rings is 2. The normalized spacial score (nSPS) is 11.9. The van der Waals surface area contributed by atoms with Crippen molar-refractivity contribution in [3.05, 3.63) is 70.2 Å². The van der Waals surface area contributed by atoms with Crippen LogP contribution in [0.5, 0.6) is 0 Å². The molecular formula is C16H13ClO4. The minimum Gasteiger partial charge on any atom is -0.481 e. The number of aromatic carboxylic acids is 1. The highest BCUT2D eigenvalue weighted by molar-refractivity contribution is 6.31. The Morgan fingerprint density at radius 3 is 2.29 bits per heavy atom. The maximum absolute atomic E-state index is 11.5. The molecule has 0 saturated carbocycles. The fraction of sp³-hybridized carbons (Fsp3) is 0.125. The van der Waals surface area contributed by atoms with Crippen LogP contribution in [0.4, 0.5) is 0 Å². The third-order valence-electron chi connectivity index (χ3n) is 3.20. The maximum Gasteiger partial charge on any atom is 0.335 e. The van der Waals surface area contributed by atoms with Crippen LogP contribution in [0.1, 0.15) is 27.4 Å². The summed E-state index contributed by atoms with van der Waals surface area (Å²) >= 11 is 6.05.